The number of nitrogens with one attached hydrogen (secondary N) is 1. The smallest absolute Gasteiger partial charge is 0.408 e. The van der Waals surface area contributed by atoms with Gasteiger partial charge in [0.2, 0.25) is 0 Å². The van der Waals surface area contributed by atoms with E-state index in [2.05, 4.69) is 5.32 Å². The zero-order chi connectivity index (χ0) is 19.4. The van der Waals surface area contributed by atoms with Crippen LogP contribution < -0.4 is 11.1 Å². The zero-order valence-electron chi connectivity index (χ0n) is 15.8. The lowest BCUT2D eigenvalue weighted by atomic mass is 10.1. The number of carbonyl (C=O) groups excluding carboxylic acids is 2. The Morgan fingerprint density at radius 1 is 1.12 bits per heavy atom. The minimum absolute atomic E-state index is 0.121. The number of amides is 1. The Hall–Kier alpha value is -1.96. The molecule has 0 aromatic heterocycles. The molecule has 2 atom stereocenters. The molecule has 7 heteroatoms. The molecular weight excluding hydrogens is 336 g/mol. The number of ketones is 1. The van der Waals surface area contributed by atoms with Crippen molar-refractivity contribution in [2.45, 2.75) is 58.6 Å². The molecular formula is C19H30N2O5. The summed E-state index contributed by atoms with van der Waals surface area (Å²) < 4.78 is 16.0. The number of carbonyl (C=O) groups is 2. The first kappa shape index (κ1) is 22.1. The summed E-state index contributed by atoms with van der Waals surface area (Å²) in [6.07, 6.45) is -0.524. The summed E-state index contributed by atoms with van der Waals surface area (Å²) >= 11 is 0. The van der Waals surface area contributed by atoms with Crippen molar-refractivity contribution in [2.75, 3.05) is 13.2 Å². The topological polar surface area (TPSA) is 99.9 Å². The first-order valence-electron chi connectivity index (χ1n) is 8.96. The molecule has 146 valence electrons. The van der Waals surface area contributed by atoms with Crippen LogP contribution in [0.15, 0.2) is 30.3 Å². The summed E-state index contributed by atoms with van der Waals surface area (Å²) in [4.78, 5) is 24.0. The maximum absolute atomic E-state index is 12.2. The number of ether oxygens (including phenoxy) is 3. The van der Waals surface area contributed by atoms with Gasteiger partial charge in [-0.15, -0.1) is 0 Å². The van der Waals surface area contributed by atoms with Gasteiger partial charge in [-0.2, -0.15) is 0 Å². The molecule has 7 nitrogen and oxygen atoms in total. The number of rotatable bonds is 12. The van der Waals surface area contributed by atoms with Crippen molar-refractivity contribution < 1.29 is 23.8 Å². The monoisotopic (exact) mass is 366 g/mol. The molecule has 0 bridgehead atoms. The molecule has 0 heterocycles. The Bertz CT molecular complexity index is 532. The van der Waals surface area contributed by atoms with Crippen LogP contribution in [-0.2, 0) is 25.6 Å². The summed E-state index contributed by atoms with van der Waals surface area (Å²) in [5, 5.41) is 2.54. The quantitative estimate of drug-likeness (QED) is 0.551. The van der Waals surface area contributed by atoms with Gasteiger partial charge in [0.05, 0.1) is 12.1 Å². The fraction of sp³-hybridized carbons (Fsp3) is 0.579. The fourth-order valence-corrected chi connectivity index (χ4v) is 2.31. The predicted octanol–water partition coefficient (Wildman–Crippen LogP) is 2.38. The molecule has 0 aliphatic carbocycles. The highest BCUT2D eigenvalue weighted by atomic mass is 16.7. The second-order valence-electron chi connectivity index (χ2n) is 5.88. The standard InChI is InChI=1S/C19H30N2O5/c1-4-24-18(25-5-2)16(20)11-12-17(22)14(3)21-19(23)26-13-15-9-7-6-8-10-15/h6-10,14,16,18H,4-5,11-13,20H2,1-3H3,(H,21,23)/t14-,16?/m0/s1. The fourth-order valence-electron chi connectivity index (χ4n) is 2.31. The van der Waals surface area contributed by atoms with Gasteiger partial charge < -0.3 is 25.3 Å². The summed E-state index contributed by atoms with van der Waals surface area (Å²) in [5.41, 5.74) is 6.92. The largest absolute Gasteiger partial charge is 0.445 e. The average Bonchev–Trinajstić information content (AvgIpc) is 2.64. The van der Waals surface area contributed by atoms with Gasteiger partial charge in [-0.3, -0.25) is 4.79 Å². The highest BCUT2D eigenvalue weighted by Gasteiger charge is 2.22. The normalized spacial score (nSPS) is 13.3. The van der Waals surface area contributed by atoms with Crippen LogP contribution in [0.4, 0.5) is 4.79 Å². The van der Waals surface area contributed by atoms with Gasteiger partial charge in [0, 0.05) is 19.6 Å². The molecule has 0 saturated heterocycles. The maximum Gasteiger partial charge on any atom is 0.408 e. The number of benzene rings is 1. The van der Waals surface area contributed by atoms with Crippen molar-refractivity contribution in [2.24, 2.45) is 5.73 Å². The Labute approximate surface area is 155 Å². The van der Waals surface area contributed by atoms with Crippen LogP contribution in [0, 0.1) is 0 Å². The van der Waals surface area contributed by atoms with Gasteiger partial charge in [-0.25, -0.2) is 4.79 Å². The summed E-state index contributed by atoms with van der Waals surface area (Å²) in [6, 6.07) is 8.27. The van der Waals surface area contributed by atoms with Crippen molar-refractivity contribution in [1.29, 1.82) is 0 Å². The molecule has 1 amide bonds. The van der Waals surface area contributed by atoms with Gasteiger partial charge in [0.25, 0.3) is 0 Å². The van der Waals surface area contributed by atoms with E-state index in [0.29, 0.717) is 19.6 Å². The molecule has 1 aromatic rings. The third kappa shape index (κ3) is 8.42. The van der Waals surface area contributed by atoms with Gasteiger partial charge in [-0.1, -0.05) is 30.3 Å². The third-order valence-corrected chi connectivity index (χ3v) is 3.77. The van der Waals surface area contributed by atoms with E-state index in [9.17, 15) is 9.59 Å². The first-order valence-corrected chi connectivity index (χ1v) is 8.96. The first-order chi connectivity index (χ1) is 12.5. The second-order valence-corrected chi connectivity index (χ2v) is 5.88. The van der Waals surface area contributed by atoms with Crippen LogP contribution in [0.3, 0.4) is 0 Å². The lowest BCUT2D eigenvalue weighted by Crippen LogP contribution is -2.42. The van der Waals surface area contributed by atoms with Gasteiger partial charge in [-0.05, 0) is 32.8 Å². The Morgan fingerprint density at radius 2 is 1.73 bits per heavy atom. The second kappa shape index (κ2) is 12.4. The van der Waals surface area contributed by atoms with Crippen LogP contribution in [0.1, 0.15) is 39.2 Å². The minimum Gasteiger partial charge on any atom is -0.445 e. The van der Waals surface area contributed by atoms with Crippen molar-refractivity contribution in [3.8, 4) is 0 Å². The van der Waals surface area contributed by atoms with Crippen molar-refractivity contribution >= 4 is 11.9 Å². The molecule has 0 fully saturated rings. The van der Waals surface area contributed by atoms with Gasteiger partial charge in [0.1, 0.15) is 6.61 Å². The molecule has 0 aliphatic heterocycles. The predicted molar refractivity (Wildman–Crippen MR) is 98.5 cm³/mol. The van der Waals surface area contributed by atoms with E-state index in [0.717, 1.165) is 5.56 Å². The summed E-state index contributed by atoms with van der Waals surface area (Å²) in [5.74, 6) is -0.121. The Morgan fingerprint density at radius 3 is 2.31 bits per heavy atom. The molecule has 3 N–H and O–H groups in total. The SMILES string of the molecule is CCOC(OCC)C(N)CCC(=O)[C@H](C)NC(=O)OCc1ccccc1. The molecule has 1 unspecified atom stereocenters. The number of Topliss-reactive ketones (excluding diaryl/α,β-unsaturated/α-hetero) is 1. The average molecular weight is 366 g/mol. The Balaban J connectivity index is 2.33. The van der Waals surface area contributed by atoms with Crippen molar-refractivity contribution in [3.63, 3.8) is 0 Å². The van der Waals surface area contributed by atoms with E-state index in [1.807, 2.05) is 44.2 Å². The van der Waals surface area contributed by atoms with Crippen LogP contribution >= 0.6 is 0 Å². The summed E-state index contributed by atoms with van der Waals surface area (Å²) in [7, 11) is 0. The van der Waals surface area contributed by atoms with E-state index in [4.69, 9.17) is 19.9 Å². The minimum atomic E-state index is -0.650. The molecule has 0 spiro atoms. The lowest BCUT2D eigenvalue weighted by Gasteiger charge is -2.23. The lowest BCUT2D eigenvalue weighted by molar-refractivity contribution is -0.150. The van der Waals surface area contributed by atoms with Crippen LogP contribution in [0.5, 0.6) is 0 Å². The molecule has 0 saturated carbocycles. The molecule has 0 radical (unpaired) electrons. The molecule has 1 aromatic carbocycles. The number of hydrogen-bond acceptors (Lipinski definition) is 6. The summed E-state index contributed by atoms with van der Waals surface area (Å²) in [6.45, 7) is 6.46. The zero-order valence-corrected chi connectivity index (χ0v) is 15.8. The van der Waals surface area contributed by atoms with Crippen LogP contribution in [0.25, 0.3) is 0 Å². The third-order valence-electron chi connectivity index (χ3n) is 3.77. The Kier molecular flexibility index (Phi) is 10.5. The highest BCUT2D eigenvalue weighted by Crippen LogP contribution is 2.08. The van der Waals surface area contributed by atoms with Crippen molar-refractivity contribution in [3.05, 3.63) is 35.9 Å². The van der Waals surface area contributed by atoms with Crippen molar-refractivity contribution in [1.82, 2.24) is 5.32 Å². The molecule has 1 rings (SSSR count). The van der Waals surface area contributed by atoms with Crippen LogP contribution in [-0.4, -0.2) is 43.5 Å². The van der Waals surface area contributed by atoms with E-state index < -0.39 is 24.5 Å². The van der Waals surface area contributed by atoms with Crippen LogP contribution in [0.2, 0.25) is 0 Å². The number of hydrogen-bond donors (Lipinski definition) is 2. The van der Waals surface area contributed by atoms with E-state index in [1.165, 1.54) is 0 Å². The highest BCUT2D eigenvalue weighted by molar-refractivity contribution is 5.86. The van der Waals surface area contributed by atoms with E-state index >= 15 is 0 Å². The molecule has 0 aliphatic rings. The van der Waals surface area contributed by atoms with Gasteiger partial charge in [0.15, 0.2) is 12.1 Å². The number of nitrogens with two attached hydrogens (primary N) is 1. The van der Waals surface area contributed by atoms with Gasteiger partial charge >= 0.3 is 6.09 Å². The molecule has 26 heavy (non-hydrogen) atoms. The number of alkyl carbamates (subject to hydrolysis) is 1. The van der Waals surface area contributed by atoms with E-state index in [1.54, 1.807) is 6.92 Å². The van der Waals surface area contributed by atoms with E-state index in [-0.39, 0.29) is 18.8 Å². The maximum atomic E-state index is 12.2.